The van der Waals surface area contributed by atoms with Gasteiger partial charge in [0.1, 0.15) is 0 Å². The van der Waals surface area contributed by atoms with Crippen molar-refractivity contribution >= 4 is 5.91 Å². The fourth-order valence-electron chi connectivity index (χ4n) is 2.39. The molecule has 1 aliphatic rings. The highest BCUT2D eigenvalue weighted by Gasteiger charge is 2.21. The van der Waals surface area contributed by atoms with Gasteiger partial charge in [0, 0.05) is 43.9 Å². The van der Waals surface area contributed by atoms with Gasteiger partial charge in [-0.05, 0) is 19.1 Å². The summed E-state index contributed by atoms with van der Waals surface area (Å²) in [6, 6.07) is 3.63. The molecule has 1 amide bonds. The Bertz CT molecular complexity index is 629. The molecule has 116 valence electrons. The molecule has 7 nitrogen and oxygen atoms in total. The van der Waals surface area contributed by atoms with E-state index in [1.165, 1.54) is 0 Å². The Hall–Kier alpha value is -2.28. The quantitative estimate of drug-likeness (QED) is 0.847. The zero-order valence-corrected chi connectivity index (χ0v) is 12.4. The van der Waals surface area contributed by atoms with Gasteiger partial charge in [0.2, 0.25) is 17.6 Å². The lowest BCUT2D eigenvalue weighted by molar-refractivity contribution is -0.138. The number of nitrogens with zero attached hydrogens (tertiary/aromatic N) is 4. The molecule has 3 rings (SSSR count). The maximum atomic E-state index is 12.2. The molecule has 7 heteroatoms. The van der Waals surface area contributed by atoms with Gasteiger partial charge < -0.3 is 14.2 Å². The molecular weight excluding hydrogens is 284 g/mol. The molecule has 0 spiro atoms. The molecule has 2 aromatic rings. The zero-order valence-electron chi connectivity index (χ0n) is 12.4. The van der Waals surface area contributed by atoms with Crippen LogP contribution in [0.25, 0.3) is 11.4 Å². The van der Waals surface area contributed by atoms with Gasteiger partial charge in [0.25, 0.3) is 0 Å². The number of pyridine rings is 1. The number of rotatable bonds is 4. The molecule has 0 radical (unpaired) electrons. The Morgan fingerprint density at radius 2 is 2.23 bits per heavy atom. The topological polar surface area (TPSA) is 81.4 Å². The first-order chi connectivity index (χ1) is 10.7. The van der Waals surface area contributed by atoms with Crippen molar-refractivity contribution in [3.63, 3.8) is 0 Å². The Balaban J connectivity index is 1.56. The number of carbonyl (C=O) groups is 1. The van der Waals surface area contributed by atoms with E-state index in [1.807, 2.05) is 24.0 Å². The molecule has 0 saturated carbocycles. The standard InChI is InChI=1S/C15H18N4O3/c1-11-10-19(8-9-21-11)14(20)3-2-13-17-15(18-22-13)12-4-6-16-7-5-12/h4-7,11H,2-3,8-10H2,1H3/t11-/m1/s1. The first kappa shape index (κ1) is 14.6. The van der Waals surface area contributed by atoms with Gasteiger partial charge in [-0.3, -0.25) is 9.78 Å². The molecule has 2 aromatic heterocycles. The van der Waals surface area contributed by atoms with E-state index >= 15 is 0 Å². The molecule has 3 heterocycles. The normalized spacial score (nSPS) is 18.4. The van der Waals surface area contributed by atoms with E-state index in [9.17, 15) is 4.79 Å². The summed E-state index contributed by atoms with van der Waals surface area (Å²) < 4.78 is 10.6. The highest BCUT2D eigenvalue weighted by atomic mass is 16.5. The van der Waals surface area contributed by atoms with Crippen LogP contribution in [0.4, 0.5) is 0 Å². The van der Waals surface area contributed by atoms with E-state index in [0.29, 0.717) is 44.3 Å². The van der Waals surface area contributed by atoms with Crippen LogP contribution in [0.5, 0.6) is 0 Å². The Morgan fingerprint density at radius 1 is 1.41 bits per heavy atom. The second kappa shape index (κ2) is 6.65. The lowest BCUT2D eigenvalue weighted by Gasteiger charge is -2.31. The summed E-state index contributed by atoms with van der Waals surface area (Å²) in [5, 5.41) is 3.93. The smallest absolute Gasteiger partial charge is 0.227 e. The molecule has 22 heavy (non-hydrogen) atoms. The van der Waals surface area contributed by atoms with Crippen molar-refractivity contribution in [2.24, 2.45) is 0 Å². The maximum absolute atomic E-state index is 12.2. The fraction of sp³-hybridized carbons (Fsp3) is 0.467. The van der Waals surface area contributed by atoms with Crippen LogP contribution in [0, 0.1) is 0 Å². The molecule has 0 unspecified atom stereocenters. The van der Waals surface area contributed by atoms with Gasteiger partial charge in [-0.15, -0.1) is 0 Å². The Labute approximate surface area is 128 Å². The van der Waals surface area contributed by atoms with Crippen molar-refractivity contribution in [2.45, 2.75) is 25.9 Å². The van der Waals surface area contributed by atoms with E-state index in [0.717, 1.165) is 5.56 Å². The number of ether oxygens (including phenoxy) is 1. The third-order valence-corrected chi connectivity index (χ3v) is 3.55. The van der Waals surface area contributed by atoms with Crippen molar-refractivity contribution in [3.8, 4) is 11.4 Å². The summed E-state index contributed by atoms with van der Waals surface area (Å²) in [5.74, 6) is 1.09. The van der Waals surface area contributed by atoms with Crippen LogP contribution >= 0.6 is 0 Å². The number of hydrogen-bond donors (Lipinski definition) is 0. The molecule has 0 aromatic carbocycles. The second-order valence-corrected chi connectivity index (χ2v) is 5.27. The summed E-state index contributed by atoms with van der Waals surface area (Å²) in [5.41, 5.74) is 0.846. The van der Waals surface area contributed by atoms with Crippen LogP contribution in [-0.2, 0) is 16.0 Å². The van der Waals surface area contributed by atoms with E-state index in [1.54, 1.807) is 12.4 Å². The number of morpholine rings is 1. The number of amides is 1. The number of aromatic nitrogens is 3. The molecule has 0 bridgehead atoms. The first-order valence-corrected chi connectivity index (χ1v) is 7.35. The summed E-state index contributed by atoms with van der Waals surface area (Å²) in [4.78, 5) is 22.3. The van der Waals surface area contributed by atoms with Gasteiger partial charge in [-0.25, -0.2) is 0 Å². The number of aryl methyl sites for hydroxylation is 1. The van der Waals surface area contributed by atoms with Gasteiger partial charge in [-0.2, -0.15) is 4.98 Å². The van der Waals surface area contributed by atoms with E-state index in [2.05, 4.69) is 15.1 Å². The van der Waals surface area contributed by atoms with Gasteiger partial charge in [0.15, 0.2) is 0 Å². The maximum Gasteiger partial charge on any atom is 0.227 e. The minimum atomic E-state index is 0.0961. The second-order valence-electron chi connectivity index (χ2n) is 5.27. The molecule has 0 N–H and O–H groups in total. The van der Waals surface area contributed by atoms with Gasteiger partial charge in [-0.1, -0.05) is 5.16 Å². The molecule has 1 aliphatic heterocycles. The highest BCUT2D eigenvalue weighted by molar-refractivity contribution is 5.76. The molecule has 0 aliphatic carbocycles. The van der Waals surface area contributed by atoms with Crippen molar-refractivity contribution in [1.82, 2.24) is 20.0 Å². The minimum Gasteiger partial charge on any atom is -0.375 e. The largest absolute Gasteiger partial charge is 0.375 e. The Morgan fingerprint density at radius 3 is 3.00 bits per heavy atom. The van der Waals surface area contributed by atoms with Crippen LogP contribution in [0.15, 0.2) is 29.0 Å². The monoisotopic (exact) mass is 302 g/mol. The SMILES string of the molecule is C[C@@H]1CN(C(=O)CCc2nc(-c3ccncc3)no2)CCO1. The van der Waals surface area contributed by atoms with Crippen LogP contribution in [0.3, 0.4) is 0 Å². The van der Waals surface area contributed by atoms with Crippen LogP contribution in [0.2, 0.25) is 0 Å². The summed E-state index contributed by atoms with van der Waals surface area (Å²) >= 11 is 0. The third kappa shape index (κ3) is 3.48. The van der Waals surface area contributed by atoms with Crippen LogP contribution in [-0.4, -0.2) is 51.7 Å². The minimum absolute atomic E-state index is 0.0961. The predicted octanol–water partition coefficient (Wildman–Crippen LogP) is 1.31. The van der Waals surface area contributed by atoms with E-state index in [4.69, 9.17) is 9.26 Å². The zero-order chi connectivity index (χ0) is 15.4. The highest BCUT2D eigenvalue weighted by Crippen LogP contribution is 2.15. The average Bonchev–Trinajstić information content (AvgIpc) is 3.02. The van der Waals surface area contributed by atoms with Gasteiger partial charge in [0.05, 0.1) is 12.7 Å². The van der Waals surface area contributed by atoms with E-state index in [-0.39, 0.29) is 12.0 Å². The van der Waals surface area contributed by atoms with E-state index < -0.39 is 0 Å². The summed E-state index contributed by atoms with van der Waals surface area (Å²) in [6.45, 7) is 3.86. The summed E-state index contributed by atoms with van der Waals surface area (Å²) in [7, 11) is 0. The number of carbonyl (C=O) groups excluding carboxylic acids is 1. The lowest BCUT2D eigenvalue weighted by atomic mass is 10.2. The van der Waals surface area contributed by atoms with Crippen LogP contribution < -0.4 is 0 Å². The van der Waals surface area contributed by atoms with Crippen molar-refractivity contribution in [1.29, 1.82) is 0 Å². The number of hydrogen-bond acceptors (Lipinski definition) is 6. The van der Waals surface area contributed by atoms with Crippen molar-refractivity contribution in [3.05, 3.63) is 30.4 Å². The fourth-order valence-corrected chi connectivity index (χ4v) is 2.39. The average molecular weight is 302 g/mol. The molecule has 1 saturated heterocycles. The van der Waals surface area contributed by atoms with Gasteiger partial charge >= 0.3 is 0 Å². The van der Waals surface area contributed by atoms with Crippen molar-refractivity contribution in [2.75, 3.05) is 19.7 Å². The first-order valence-electron chi connectivity index (χ1n) is 7.35. The molecule has 1 fully saturated rings. The molecule has 1 atom stereocenters. The third-order valence-electron chi connectivity index (χ3n) is 3.55. The lowest BCUT2D eigenvalue weighted by Crippen LogP contribution is -2.44. The summed E-state index contributed by atoms with van der Waals surface area (Å²) in [6.07, 6.45) is 4.26. The predicted molar refractivity (Wildman–Crippen MR) is 77.8 cm³/mol. The Kier molecular flexibility index (Phi) is 4.43. The van der Waals surface area contributed by atoms with Crippen LogP contribution in [0.1, 0.15) is 19.2 Å². The van der Waals surface area contributed by atoms with Crippen molar-refractivity contribution < 1.29 is 14.1 Å². The molecular formula is C15H18N4O3.